The minimum Gasteiger partial charge on any atom is -0.353 e. The maximum absolute atomic E-state index is 11.6. The molecule has 0 radical (unpaired) electrons. The Morgan fingerprint density at radius 2 is 1.24 bits per heavy atom. The average Bonchev–Trinajstić information content (AvgIpc) is 3.39. The van der Waals surface area contributed by atoms with Crippen molar-refractivity contribution in [3.63, 3.8) is 0 Å². The fourth-order valence-corrected chi connectivity index (χ4v) is 6.27. The molecule has 7 atom stereocenters. The van der Waals surface area contributed by atoms with Crippen LogP contribution in [0.2, 0.25) is 0 Å². The topological polar surface area (TPSA) is 108 Å². The lowest BCUT2D eigenvalue weighted by molar-refractivity contribution is -0.261. The van der Waals surface area contributed by atoms with Crippen LogP contribution in [-0.4, -0.2) is 89.9 Å². The Labute approximate surface area is 207 Å². The largest absolute Gasteiger partial charge is 0.353 e. The van der Waals surface area contributed by atoms with Gasteiger partial charge in [0.1, 0.15) is 41.4 Å². The minimum absolute atomic E-state index is 0.112. The van der Waals surface area contributed by atoms with Crippen molar-refractivity contribution in [2.75, 3.05) is 14.2 Å². The van der Waals surface area contributed by atoms with Crippen molar-refractivity contribution < 1.29 is 47.5 Å². The van der Waals surface area contributed by atoms with Crippen LogP contribution < -0.4 is 0 Å². The number of halogens is 2. The second-order valence-electron chi connectivity index (χ2n) is 10.5. The monoisotopic (exact) mass is 524 g/mol. The van der Waals surface area contributed by atoms with Gasteiger partial charge in [-0.05, 0) is 27.7 Å². The fourth-order valence-electron chi connectivity index (χ4n) is 5.70. The van der Waals surface area contributed by atoms with E-state index in [1.807, 2.05) is 13.8 Å². The number of methoxy groups -OCH3 is 2. The number of rotatable bonds is 2. The Morgan fingerprint density at radius 3 is 1.71 bits per heavy atom. The van der Waals surface area contributed by atoms with Gasteiger partial charge in [0.15, 0.2) is 29.9 Å². The molecule has 12 heteroatoms. The van der Waals surface area contributed by atoms with Gasteiger partial charge >= 0.3 is 0 Å². The summed E-state index contributed by atoms with van der Waals surface area (Å²) in [4.78, 5) is 22.8. The Bertz CT molecular complexity index is 883. The fraction of sp³-hybridized carbons (Fsp3) is 0.909. The third-order valence-electron chi connectivity index (χ3n) is 7.21. The summed E-state index contributed by atoms with van der Waals surface area (Å²) in [6.07, 6.45) is -1.50. The second kappa shape index (κ2) is 7.80. The van der Waals surface area contributed by atoms with Crippen LogP contribution in [0.25, 0.3) is 0 Å². The first kappa shape index (κ1) is 25.3. The molecule has 4 heterocycles. The third-order valence-corrected chi connectivity index (χ3v) is 8.27. The summed E-state index contributed by atoms with van der Waals surface area (Å²) < 4.78 is 43.5. The van der Waals surface area contributed by atoms with E-state index in [0.717, 1.165) is 0 Å². The van der Waals surface area contributed by atoms with Crippen LogP contribution in [0.1, 0.15) is 47.0 Å². The molecule has 0 amide bonds. The summed E-state index contributed by atoms with van der Waals surface area (Å²) in [7, 11) is 3.08. The van der Waals surface area contributed by atoms with Crippen molar-refractivity contribution in [1.29, 1.82) is 0 Å². The molecule has 0 unspecified atom stereocenters. The average molecular weight is 525 g/mol. The normalized spacial score (nSPS) is 46.0. The molecule has 2 saturated carbocycles. The summed E-state index contributed by atoms with van der Waals surface area (Å²) in [5.74, 6) is -1.45. The van der Waals surface area contributed by atoms with Gasteiger partial charge in [-0.25, -0.2) is 0 Å². The lowest BCUT2D eigenvalue weighted by Gasteiger charge is -2.49. The van der Waals surface area contributed by atoms with E-state index in [1.165, 1.54) is 7.11 Å². The molecular formula is C22H30Cl2O10. The Balaban J connectivity index is 0.000000142. The molecule has 34 heavy (non-hydrogen) atoms. The zero-order valence-electron chi connectivity index (χ0n) is 19.9. The van der Waals surface area contributed by atoms with Gasteiger partial charge < -0.3 is 37.9 Å². The lowest BCUT2D eigenvalue weighted by Crippen LogP contribution is -2.69. The van der Waals surface area contributed by atoms with E-state index in [4.69, 9.17) is 61.1 Å². The van der Waals surface area contributed by atoms with Crippen LogP contribution in [0.5, 0.6) is 0 Å². The number of hydrogen-bond acceptors (Lipinski definition) is 10. The highest BCUT2D eigenvalue weighted by Crippen LogP contribution is 2.60. The number of ether oxygens (including phenoxy) is 8. The third kappa shape index (κ3) is 3.53. The van der Waals surface area contributed by atoms with Gasteiger partial charge in [-0.1, -0.05) is 23.2 Å². The van der Waals surface area contributed by atoms with Gasteiger partial charge in [0.2, 0.25) is 4.33 Å². The number of carbonyl (C=O) groups is 2. The molecule has 6 aliphatic rings. The number of Topliss-reactive ketones (excluding diaryl/α,β-unsaturated/α-hetero) is 2. The molecule has 0 bridgehead atoms. The predicted octanol–water partition coefficient (Wildman–Crippen LogP) is 2.01. The molecule has 10 nitrogen and oxygen atoms in total. The van der Waals surface area contributed by atoms with E-state index in [9.17, 15) is 9.59 Å². The van der Waals surface area contributed by atoms with Crippen molar-refractivity contribution >= 4 is 34.8 Å². The first-order valence-corrected chi connectivity index (χ1v) is 12.0. The molecule has 0 aromatic carbocycles. The molecule has 4 saturated heterocycles. The van der Waals surface area contributed by atoms with Crippen LogP contribution >= 0.6 is 23.2 Å². The first-order valence-electron chi connectivity index (χ1n) is 11.2. The number of ketones is 2. The molecule has 6 rings (SSSR count). The van der Waals surface area contributed by atoms with Crippen molar-refractivity contribution in [3.05, 3.63) is 0 Å². The maximum Gasteiger partial charge on any atom is 0.207 e. The summed E-state index contributed by atoms with van der Waals surface area (Å²) >= 11 is 12.2. The summed E-state index contributed by atoms with van der Waals surface area (Å²) in [6, 6.07) is 0. The highest BCUT2D eigenvalue weighted by atomic mass is 35.5. The van der Waals surface area contributed by atoms with Crippen LogP contribution in [0.3, 0.4) is 0 Å². The van der Waals surface area contributed by atoms with Gasteiger partial charge in [0, 0.05) is 33.5 Å². The van der Waals surface area contributed by atoms with Crippen LogP contribution in [0, 0.1) is 0 Å². The Kier molecular flexibility index (Phi) is 5.79. The molecule has 0 aromatic heterocycles. The van der Waals surface area contributed by atoms with Crippen LogP contribution in [0.15, 0.2) is 0 Å². The van der Waals surface area contributed by atoms with Gasteiger partial charge in [-0.2, -0.15) is 0 Å². The van der Waals surface area contributed by atoms with Crippen molar-refractivity contribution in [1.82, 2.24) is 0 Å². The first-order chi connectivity index (χ1) is 15.7. The van der Waals surface area contributed by atoms with Gasteiger partial charge in [-0.3, -0.25) is 9.59 Å². The number of alkyl halides is 2. The zero-order chi connectivity index (χ0) is 24.9. The van der Waals surface area contributed by atoms with Gasteiger partial charge in [-0.15, -0.1) is 0 Å². The van der Waals surface area contributed by atoms with E-state index in [0.29, 0.717) is 12.8 Å². The molecular weight excluding hydrogens is 495 g/mol. The van der Waals surface area contributed by atoms with E-state index in [-0.39, 0.29) is 30.2 Å². The number of carbonyl (C=O) groups excluding carboxylic acids is 2. The quantitative estimate of drug-likeness (QED) is 0.497. The maximum atomic E-state index is 11.6. The van der Waals surface area contributed by atoms with E-state index < -0.39 is 51.9 Å². The molecule has 0 aromatic rings. The van der Waals surface area contributed by atoms with E-state index >= 15 is 0 Å². The van der Waals surface area contributed by atoms with E-state index in [2.05, 4.69) is 0 Å². The Hall–Kier alpha value is -0.400. The standard InChI is InChI=1S/C11H14Cl2O5.C11H16O5/c1-9(2)16-6-7(17-9)10(18-8(6)15-3)4-5(14)11(10,12)13;1-10(2)14-7-8(15-10)11(4-6(12)5-11)16-9(7)13-3/h6-8H,4H2,1-3H3;7-9H,4-5H2,1-3H3/t6-,7+,8-,10+;7-,8+,9-/m11/s1. The lowest BCUT2D eigenvalue weighted by atomic mass is 9.73. The van der Waals surface area contributed by atoms with Crippen molar-refractivity contribution in [2.45, 2.75) is 111 Å². The smallest absolute Gasteiger partial charge is 0.207 e. The van der Waals surface area contributed by atoms with E-state index in [1.54, 1.807) is 21.0 Å². The minimum atomic E-state index is -1.60. The predicted molar refractivity (Wildman–Crippen MR) is 115 cm³/mol. The molecule has 2 spiro atoms. The molecule has 0 N–H and O–H groups in total. The Morgan fingerprint density at radius 1 is 0.735 bits per heavy atom. The highest BCUT2D eigenvalue weighted by Gasteiger charge is 2.78. The van der Waals surface area contributed by atoms with Gasteiger partial charge in [0.05, 0.1) is 0 Å². The van der Waals surface area contributed by atoms with Gasteiger partial charge in [0.25, 0.3) is 0 Å². The number of fused-ring (bicyclic) bond motifs is 4. The highest BCUT2D eigenvalue weighted by molar-refractivity contribution is 6.61. The second-order valence-corrected chi connectivity index (χ2v) is 11.8. The molecule has 6 fully saturated rings. The number of hydrogen-bond donors (Lipinski definition) is 0. The summed E-state index contributed by atoms with van der Waals surface area (Å²) in [5, 5.41) is 0. The molecule has 4 aliphatic heterocycles. The van der Waals surface area contributed by atoms with Crippen LogP contribution in [-0.2, 0) is 47.5 Å². The van der Waals surface area contributed by atoms with Crippen molar-refractivity contribution in [3.8, 4) is 0 Å². The SMILES string of the molecule is CO[C@@H]1OC2(CC(=O)C2)[C@H]2OC(C)(C)O[C@@H]12.CO[C@@H]1O[C@@]2(CC(=O)C2(Cl)Cl)[C@H]2OC(C)(C)O[C@@H]12. The molecule has 192 valence electrons. The zero-order valence-corrected chi connectivity index (χ0v) is 21.4. The summed E-state index contributed by atoms with van der Waals surface area (Å²) in [6.45, 7) is 7.31. The summed E-state index contributed by atoms with van der Waals surface area (Å²) in [5.41, 5.74) is -1.58. The van der Waals surface area contributed by atoms with Crippen molar-refractivity contribution in [2.24, 2.45) is 0 Å². The molecule has 2 aliphatic carbocycles. The van der Waals surface area contributed by atoms with Crippen LogP contribution in [0.4, 0.5) is 0 Å².